The second kappa shape index (κ2) is 13.8. The number of amides is 2. The minimum Gasteiger partial charge on any atom is -0.507 e. The molecule has 0 spiro atoms. The van der Waals surface area contributed by atoms with E-state index in [0.717, 1.165) is 24.3 Å². The van der Waals surface area contributed by atoms with Crippen molar-refractivity contribution < 1.29 is 57.8 Å². The SMILES string of the molecule is O=C(Nc1ccc(S(=O)(=O)Nc2ccc(S(=O)(=O)O)c3cccc(O)c23)cc1)Nc1ccc(S(=O)(=O)Nc2ccc(S(=O)(=O)O)c3cccc(O)c23)cc1. The number of hydrogen-bond donors (Lipinski definition) is 8. The fraction of sp³-hybridized carbons (Fsp3) is 0. The lowest BCUT2D eigenvalue weighted by molar-refractivity contribution is 0.262. The van der Waals surface area contributed by atoms with Crippen LogP contribution in [0.3, 0.4) is 0 Å². The Kier molecular flexibility index (Phi) is 9.64. The summed E-state index contributed by atoms with van der Waals surface area (Å²) in [5.74, 6) is -0.897. The third-order valence-corrected chi connectivity index (χ3v) is 12.4. The van der Waals surface area contributed by atoms with E-state index in [1.165, 1.54) is 84.9 Å². The minimum atomic E-state index is -4.71. The van der Waals surface area contributed by atoms with Crippen molar-refractivity contribution >= 4 is 90.6 Å². The average Bonchev–Trinajstić information content (AvgIpc) is 3.07. The Morgan fingerprint density at radius 2 is 0.815 bits per heavy atom. The molecule has 0 radical (unpaired) electrons. The van der Waals surface area contributed by atoms with E-state index < -0.39 is 67.6 Å². The van der Waals surface area contributed by atoms with Crippen LogP contribution in [0.1, 0.15) is 0 Å². The van der Waals surface area contributed by atoms with Crippen LogP contribution in [0, 0.1) is 0 Å². The summed E-state index contributed by atoms with van der Waals surface area (Å²) in [6.07, 6.45) is 0. The van der Waals surface area contributed by atoms with Gasteiger partial charge >= 0.3 is 6.03 Å². The first kappa shape index (κ1) is 37.8. The summed E-state index contributed by atoms with van der Waals surface area (Å²) in [5, 5.41) is 25.2. The molecule has 0 heterocycles. The molecule has 0 saturated carbocycles. The van der Waals surface area contributed by atoms with E-state index in [0.29, 0.717) is 0 Å². The monoisotopic (exact) mass is 814 g/mol. The maximum absolute atomic E-state index is 13.2. The number of carbonyl (C=O) groups excluding carboxylic acids is 1. The molecule has 0 bridgehead atoms. The number of phenols is 2. The molecule has 0 aliphatic carbocycles. The van der Waals surface area contributed by atoms with E-state index >= 15 is 0 Å². The number of aromatic hydroxyl groups is 2. The van der Waals surface area contributed by atoms with Gasteiger partial charge in [-0.05, 0) is 84.9 Å². The van der Waals surface area contributed by atoms with Gasteiger partial charge < -0.3 is 20.8 Å². The molecular formula is C33H26N4O13S4. The Balaban J connectivity index is 1.13. The number of anilines is 4. The Labute approximate surface area is 307 Å². The van der Waals surface area contributed by atoms with E-state index in [2.05, 4.69) is 20.1 Å². The highest BCUT2D eigenvalue weighted by Gasteiger charge is 2.23. The number of hydrogen-bond acceptors (Lipinski definition) is 11. The van der Waals surface area contributed by atoms with Crippen LogP contribution < -0.4 is 20.1 Å². The van der Waals surface area contributed by atoms with Crippen molar-refractivity contribution in [1.82, 2.24) is 0 Å². The zero-order valence-corrected chi connectivity index (χ0v) is 30.3. The minimum absolute atomic E-state index is 0.127. The van der Waals surface area contributed by atoms with Crippen LogP contribution in [0.5, 0.6) is 11.5 Å². The van der Waals surface area contributed by atoms with Gasteiger partial charge in [-0.3, -0.25) is 18.5 Å². The van der Waals surface area contributed by atoms with E-state index in [1.54, 1.807) is 0 Å². The molecular weight excluding hydrogens is 789 g/mol. The standard InChI is InChI=1S/C33H26N4O13S4/c38-27-5-1-3-23-29(53(45,46)47)17-15-25(31(23)27)36-51(41,42)21-11-7-19(8-12-21)34-33(40)35-20-9-13-22(14-10-20)52(43,44)37-26-16-18-30(54(48,49)50)24-4-2-6-28(39)32(24)26/h1-18,36-39H,(H2,34,35,40)(H,45,46,47)(H,48,49,50). The summed E-state index contributed by atoms with van der Waals surface area (Å²) >= 11 is 0. The Bertz CT molecular complexity index is 2740. The number of rotatable bonds is 10. The predicted molar refractivity (Wildman–Crippen MR) is 198 cm³/mol. The maximum Gasteiger partial charge on any atom is 0.323 e. The first-order valence-electron chi connectivity index (χ1n) is 15.0. The molecule has 0 aliphatic rings. The van der Waals surface area contributed by atoms with Gasteiger partial charge in [0.15, 0.2) is 0 Å². The van der Waals surface area contributed by atoms with E-state index in [4.69, 9.17) is 0 Å². The van der Waals surface area contributed by atoms with Crippen molar-refractivity contribution in [3.05, 3.63) is 109 Å². The van der Waals surface area contributed by atoms with Gasteiger partial charge in [0.2, 0.25) is 0 Å². The average molecular weight is 815 g/mol. The third-order valence-electron chi connectivity index (χ3n) is 7.85. The zero-order chi connectivity index (χ0) is 39.2. The van der Waals surface area contributed by atoms with Gasteiger partial charge in [0.05, 0.1) is 21.2 Å². The van der Waals surface area contributed by atoms with Crippen molar-refractivity contribution in [1.29, 1.82) is 0 Å². The highest BCUT2D eigenvalue weighted by Crippen LogP contribution is 2.38. The third kappa shape index (κ3) is 7.71. The quantitative estimate of drug-likeness (QED) is 0.0833. The fourth-order valence-corrected chi connectivity index (χ4v) is 9.00. The molecule has 6 aromatic carbocycles. The lowest BCUT2D eigenvalue weighted by Gasteiger charge is -2.14. The molecule has 17 nitrogen and oxygen atoms in total. The predicted octanol–water partition coefficient (Wildman–Crippen LogP) is 5.14. The summed E-state index contributed by atoms with van der Waals surface area (Å²) in [7, 11) is -18.1. The molecule has 0 fully saturated rings. The van der Waals surface area contributed by atoms with Gasteiger partial charge in [0.25, 0.3) is 40.3 Å². The summed E-state index contributed by atoms with van der Waals surface area (Å²) in [6, 6.07) is 20.7. The second-order valence-electron chi connectivity index (χ2n) is 11.4. The lowest BCUT2D eigenvalue weighted by atomic mass is 10.1. The molecule has 280 valence electrons. The molecule has 0 atom stereocenters. The van der Waals surface area contributed by atoms with Crippen LogP contribution in [0.25, 0.3) is 21.5 Å². The molecule has 0 aliphatic heterocycles. The van der Waals surface area contributed by atoms with Crippen LogP contribution in [0.15, 0.2) is 129 Å². The molecule has 54 heavy (non-hydrogen) atoms. The van der Waals surface area contributed by atoms with Crippen molar-refractivity contribution in [3.63, 3.8) is 0 Å². The normalized spacial score (nSPS) is 12.3. The first-order chi connectivity index (χ1) is 25.2. The van der Waals surface area contributed by atoms with Crippen molar-refractivity contribution in [2.24, 2.45) is 0 Å². The molecule has 0 saturated heterocycles. The number of phenolic OH excluding ortho intramolecular Hbond substituents is 2. The second-order valence-corrected chi connectivity index (χ2v) is 17.6. The van der Waals surface area contributed by atoms with Gasteiger partial charge in [0.1, 0.15) is 21.3 Å². The fourth-order valence-electron chi connectivity index (χ4n) is 5.48. The van der Waals surface area contributed by atoms with Gasteiger partial charge in [-0.1, -0.05) is 24.3 Å². The van der Waals surface area contributed by atoms with Crippen molar-refractivity contribution in [2.45, 2.75) is 19.6 Å². The summed E-state index contributed by atoms with van der Waals surface area (Å²) < 4.78 is 124. The summed E-state index contributed by atoms with van der Waals surface area (Å²) in [4.78, 5) is 11.1. The Hall–Kier alpha value is -5.97. The van der Waals surface area contributed by atoms with Gasteiger partial charge in [-0.15, -0.1) is 0 Å². The number of benzene rings is 6. The van der Waals surface area contributed by atoms with E-state index in [9.17, 15) is 57.8 Å². The zero-order valence-electron chi connectivity index (χ0n) is 27.0. The number of urea groups is 1. The lowest BCUT2D eigenvalue weighted by Crippen LogP contribution is -2.20. The van der Waals surface area contributed by atoms with Crippen molar-refractivity contribution in [3.8, 4) is 11.5 Å². The molecule has 6 rings (SSSR count). The largest absolute Gasteiger partial charge is 0.507 e. The number of sulfonamides is 2. The summed E-state index contributed by atoms with van der Waals surface area (Å²) in [5.41, 5.74) is -0.0282. The number of carbonyl (C=O) groups is 1. The highest BCUT2D eigenvalue weighted by atomic mass is 32.2. The highest BCUT2D eigenvalue weighted by molar-refractivity contribution is 7.93. The molecule has 21 heteroatoms. The summed E-state index contributed by atoms with van der Waals surface area (Å²) in [6.45, 7) is 0. The van der Waals surface area contributed by atoms with Gasteiger partial charge in [-0.2, -0.15) is 16.8 Å². The Morgan fingerprint density at radius 3 is 1.15 bits per heavy atom. The maximum atomic E-state index is 13.2. The smallest absolute Gasteiger partial charge is 0.323 e. The first-order valence-corrected chi connectivity index (χ1v) is 20.9. The molecule has 6 aromatic rings. The topological polar surface area (TPSA) is 283 Å². The van der Waals surface area contributed by atoms with Crippen LogP contribution in [-0.2, 0) is 40.3 Å². The van der Waals surface area contributed by atoms with Crippen LogP contribution in [0.2, 0.25) is 0 Å². The van der Waals surface area contributed by atoms with E-state index in [1.807, 2.05) is 0 Å². The molecule has 0 unspecified atom stereocenters. The van der Waals surface area contributed by atoms with Crippen LogP contribution in [-0.4, -0.2) is 59.0 Å². The van der Waals surface area contributed by atoms with Gasteiger partial charge in [0, 0.05) is 32.9 Å². The molecule has 0 aromatic heterocycles. The van der Waals surface area contributed by atoms with Crippen LogP contribution in [0.4, 0.5) is 27.5 Å². The van der Waals surface area contributed by atoms with Gasteiger partial charge in [-0.25, -0.2) is 21.6 Å². The van der Waals surface area contributed by atoms with Crippen molar-refractivity contribution in [2.75, 3.05) is 20.1 Å². The number of fused-ring (bicyclic) bond motifs is 2. The molecule has 8 N–H and O–H groups in total. The van der Waals surface area contributed by atoms with Crippen LogP contribution >= 0.6 is 0 Å². The number of nitrogens with one attached hydrogen (secondary N) is 4. The van der Waals surface area contributed by atoms with E-state index in [-0.39, 0.29) is 54.1 Å². The Morgan fingerprint density at radius 1 is 0.463 bits per heavy atom. The molecule has 2 amide bonds.